The quantitative estimate of drug-likeness (QED) is 0.0486. The molecule has 0 rings (SSSR count). The SMILES string of the molecule is CCCCCCCCCCCCCCCCCCCCCCCCCCCCCCCCCC(=O)OC(CO)COC(=O)CCCCCCCCCCCCCCCCCCCC. The van der Waals surface area contributed by atoms with Crippen molar-refractivity contribution < 1.29 is 24.2 Å². The smallest absolute Gasteiger partial charge is 0.306 e. The van der Waals surface area contributed by atoms with Crippen LogP contribution in [-0.4, -0.2) is 36.4 Å². The Hall–Kier alpha value is -1.10. The first-order chi connectivity index (χ1) is 31.1. The number of unbranched alkanes of at least 4 members (excludes halogenated alkanes) is 47. The highest BCUT2D eigenvalue weighted by molar-refractivity contribution is 5.70. The number of hydrogen-bond acceptors (Lipinski definition) is 5. The van der Waals surface area contributed by atoms with Crippen molar-refractivity contribution in [1.82, 2.24) is 0 Å². The van der Waals surface area contributed by atoms with Crippen LogP contribution in [0.3, 0.4) is 0 Å². The Morgan fingerprint density at radius 3 is 0.698 bits per heavy atom. The fraction of sp³-hybridized carbons (Fsp3) is 0.966. The molecule has 0 aromatic heterocycles. The molecule has 0 heterocycles. The zero-order chi connectivity index (χ0) is 45.6. The lowest BCUT2D eigenvalue weighted by Crippen LogP contribution is -2.28. The third-order valence-corrected chi connectivity index (χ3v) is 13.7. The van der Waals surface area contributed by atoms with Crippen LogP contribution in [0.5, 0.6) is 0 Å². The van der Waals surface area contributed by atoms with Gasteiger partial charge in [0.1, 0.15) is 6.61 Å². The van der Waals surface area contributed by atoms with Gasteiger partial charge in [0.05, 0.1) is 6.61 Å². The summed E-state index contributed by atoms with van der Waals surface area (Å²) in [6, 6.07) is 0. The van der Waals surface area contributed by atoms with Crippen LogP contribution in [0.4, 0.5) is 0 Å². The van der Waals surface area contributed by atoms with Gasteiger partial charge in [-0.05, 0) is 12.8 Å². The molecule has 0 saturated carbocycles. The lowest BCUT2D eigenvalue weighted by molar-refractivity contribution is -0.161. The molecular formula is C58H114O5. The molecule has 0 amide bonds. The van der Waals surface area contributed by atoms with Gasteiger partial charge in [-0.2, -0.15) is 0 Å². The normalized spacial score (nSPS) is 12.0. The van der Waals surface area contributed by atoms with Crippen molar-refractivity contribution in [3.05, 3.63) is 0 Å². The third-order valence-electron chi connectivity index (χ3n) is 13.7. The molecule has 0 radical (unpaired) electrons. The van der Waals surface area contributed by atoms with Crippen LogP contribution in [-0.2, 0) is 19.1 Å². The van der Waals surface area contributed by atoms with Gasteiger partial charge in [0.15, 0.2) is 6.10 Å². The Kier molecular flexibility index (Phi) is 54.3. The molecule has 0 aliphatic rings. The Balaban J connectivity index is 3.37. The first kappa shape index (κ1) is 61.9. The maximum Gasteiger partial charge on any atom is 0.306 e. The average molecular weight is 892 g/mol. The van der Waals surface area contributed by atoms with Crippen molar-refractivity contribution in [2.75, 3.05) is 13.2 Å². The zero-order valence-corrected chi connectivity index (χ0v) is 43.1. The number of aliphatic hydroxyl groups is 1. The Bertz CT molecular complexity index is 875. The summed E-state index contributed by atoms with van der Waals surface area (Å²) >= 11 is 0. The van der Waals surface area contributed by atoms with E-state index in [0.717, 1.165) is 32.1 Å². The third kappa shape index (κ3) is 53.4. The van der Waals surface area contributed by atoms with Crippen LogP contribution in [0.25, 0.3) is 0 Å². The first-order valence-corrected chi connectivity index (χ1v) is 29.1. The number of hydrogen-bond donors (Lipinski definition) is 1. The first-order valence-electron chi connectivity index (χ1n) is 29.1. The lowest BCUT2D eigenvalue weighted by atomic mass is 10.0. The van der Waals surface area contributed by atoms with Crippen LogP contribution in [0.15, 0.2) is 0 Å². The highest BCUT2D eigenvalue weighted by Gasteiger charge is 2.16. The maximum atomic E-state index is 12.3. The molecule has 0 aliphatic carbocycles. The van der Waals surface area contributed by atoms with Crippen molar-refractivity contribution in [1.29, 1.82) is 0 Å². The van der Waals surface area contributed by atoms with E-state index >= 15 is 0 Å². The minimum atomic E-state index is -0.764. The molecule has 0 aromatic rings. The molecule has 5 heteroatoms. The molecule has 0 aromatic carbocycles. The topological polar surface area (TPSA) is 72.8 Å². The van der Waals surface area contributed by atoms with Gasteiger partial charge in [0.25, 0.3) is 0 Å². The fourth-order valence-electron chi connectivity index (χ4n) is 9.27. The Morgan fingerprint density at radius 1 is 0.302 bits per heavy atom. The maximum absolute atomic E-state index is 12.3. The minimum Gasteiger partial charge on any atom is -0.462 e. The summed E-state index contributed by atoms with van der Waals surface area (Å²) in [6.07, 6.45) is 66.7. The van der Waals surface area contributed by atoms with Gasteiger partial charge >= 0.3 is 11.9 Å². The monoisotopic (exact) mass is 891 g/mol. The van der Waals surface area contributed by atoms with Gasteiger partial charge in [-0.3, -0.25) is 9.59 Å². The highest BCUT2D eigenvalue weighted by atomic mass is 16.6. The molecule has 1 atom stereocenters. The zero-order valence-electron chi connectivity index (χ0n) is 43.1. The van der Waals surface area contributed by atoms with E-state index in [1.165, 1.54) is 283 Å². The average Bonchev–Trinajstić information content (AvgIpc) is 3.29. The number of rotatable bonds is 55. The molecule has 1 unspecified atom stereocenters. The van der Waals surface area contributed by atoms with E-state index in [-0.39, 0.29) is 25.2 Å². The number of esters is 2. The van der Waals surface area contributed by atoms with E-state index < -0.39 is 6.10 Å². The molecule has 63 heavy (non-hydrogen) atoms. The molecule has 0 bridgehead atoms. The molecule has 0 aliphatic heterocycles. The highest BCUT2D eigenvalue weighted by Crippen LogP contribution is 2.18. The van der Waals surface area contributed by atoms with E-state index in [1.807, 2.05) is 0 Å². The predicted molar refractivity (Wildman–Crippen MR) is 275 cm³/mol. The molecule has 0 saturated heterocycles. The molecule has 0 fully saturated rings. The van der Waals surface area contributed by atoms with Crippen LogP contribution in [0.1, 0.15) is 341 Å². The van der Waals surface area contributed by atoms with Gasteiger partial charge < -0.3 is 14.6 Å². The van der Waals surface area contributed by atoms with Gasteiger partial charge in [0, 0.05) is 12.8 Å². The lowest BCUT2D eigenvalue weighted by Gasteiger charge is -2.15. The second kappa shape index (κ2) is 55.2. The van der Waals surface area contributed by atoms with Gasteiger partial charge in [-0.1, -0.05) is 316 Å². The molecule has 376 valence electrons. The summed E-state index contributed by atoms with van der Waals surface area (Å²) in [7, 11) is 0. The van der Waals surface area contributed by atoms with Crippen molar-refractivity contribution in [3.63, 3.8) is 0 Å². The standard InChI is InChI=1S/C58H114O5/c1-3-5-7-9-11-13-15-17-19-21-23-24-25-26-27-28-29-30-31-32-33-34-35-37-39-41-43-45-47-49-51-53-58(61)63-56(54-59)55-62-57(60)52-50-48-46-44-42-40-38-36-22-20-18-16-14-12-10-8-6-4-2/h56,59H,3-55H2,1-2H3. The van der Waals surface area contributed by atoms with E-state index in [9.17, 15) is 14.7 Å². The Labute approximate surface area is 395 Å². The van der Waals surface area contributed by atoms with E-state index in [2.05, 4.69) is 13.8 Å². The van der Waals surface area contributed by atoms with Crippen LogP contribution in [0, 0.1) is 0 Å². The van der Waals surface area contributed by atoms with Crippen LogP contribution in [0.2, 0.25) is 0 Å². The van der Waals surface area contributed by atoms with Crippen molar-refractivity contribution >= 4 is 11.9 Å². The van der Waals surface area contributed by atoms with E-state index in [0.29, 0.717) is 12.8 Å². The summed E-state index contributed by atoms with van der Waals surface area (Å²) in [5.74, 6) is -0.564. The van der Waals surface area contributed by atoms with Gasteiger partial charge in [-0.15, -0.1) is 0 Å². The summed E-state index contributed by atoms with van der Waals surface area (Å²) in [5, 5.41) is 9.65. The summed E-state index contributed by atoms with van der Waals surface area (Å²) in [6.45, 7) is 4.21. The molecule has 1 N–H and O–H groups in total. The van der Waals surface area contributed by atoms with Gasteiger partial charge in [-0.25, -0.2) is 0 Å². The van der Waals surface area contributed by atoms with Crippen LogP contribution >= 0.6 is 0 Å². The van der Waals surface area contributed by atoms with Crippen molar-refractivity contribution in [3.8, 4) is 0 Å². The number of ether oxygens (including phenoxy) is 2. The summed E-state index contributed by atoms with van der Waals surface area (Å²) < 4.78 is 10.7. The van der Waals surface area contributed by atoms with E-state index in [4.69, 9.17) is 9.47 Å². The molecule has 0 spiro atoms. The molecule has 5 nitrogen and oxygen atoms in total. The number of aliphatic hydroxyl groups excluding tert-OH is 1. The number of carbonyl (C=O) groups excluding carboxylic acids is 2. The second-order valence-electron chi connectivity index (χ2n) is 20.1. The van der Waals surface area contributed by atoms with Crippen LogP contribution < -0.4 is 0 Å². The summed E-state index contributed by atoms with van der Waals surface area (Å²) in [4.78, 5) is 24.5. The van der Waals surface area contributed by atoms with E-state index in [1.54, 1.807) is 0 Å². The van der Waals surface area contributed by atoms with Crippen molar-refractivity contribution in [2.24, 2.45) is 0 Å². The second-order valence-corrected chi connectivity index (χ2v) is 20.1. The van der Waals surface area contributed by atoms with Crippen molar-refractivity contribution in [2.45, 2.75) is 347 Å². The fourth-order valence-corrected chi connectivity index (χ4v) is 9.27. The minimum absolute atomic E-state index is 0.0558. The predicted octanol–water partition coefficient (Wildman–Crippen LogP) is 19.4. The Morgan fingerprint density at radius 2 is 0.492 bits per heavy atom. The summed E-state index contributed by atoms with van der Waals surface area (Å²) in [5.41, 5.74) is 0. The molecular weight excluding hydrogens is 777 g/mol. The largest absolute Gasteiger partial charge is 0.462 e. The number of carbonyl (C=O) groups is 2. The van der Waals surface area contributed by atoms with Gasteiger partial charge in [0.2, 0.25) is 0 Å².